The minimum atomic E-state index is 0. The summed E-state index contributed by atoms with van der Waals surface area (Å²) in [5.41, 5.74) is 1.20. The van der Waals surface area contributed by atoms with Gasteiger partial charge in [-0.2, -0.15) is 5.10 Å². The molecule has 1 aliphatic heterocycles. The van der Waals surface area contributed by atoms with Crippen LogP contribution in [0.25, 0.3) is 0 Å². The molecule has 150 valence electrons. The topological polar surface area (TPSA) is 76.6 Å². The summed E-state index contributed by atoms with van der Waals surface area (Å²) in [6.45, 7) is 3.13. The molecule has 2 aromatic heterocycles. The maximum absolute atomic E-state index is 5.78. The Kier molecular flexibility index (Phi) is 9.68. The number of nitrogens with one attached hydrogen (secondary N) is 2. The number of aliphatic imine (C=N–C) groups is 1. The summed E-state index contributed by atoms with van der Waals surface area (Å²) >= 11 is 0. The largest absolute Gasteiger partial charge is 0.469 e. The molecule has 2 N–H and O–H groups in total. The molecule has 3 rings (SSSR count). The Morgan fingerprint density at radius 2 is 2.11 bits per heavy atom. The summed E-state index contributed by atoms with van der Waals surface area (Å²) in [5.74, 6) is 1.80. The molecule has 0 bridgehead atoms. The van der Waals surface area contributed by atoms with Crippen molar-refractivity contribution < 1.29 is 9.15 Å². The Bertz CT molecular complexity index is 665. The lowest BCUT2D eigenvalue weighted by Gasteiger charge is -2.21. The monoisotopic (exact) mass is 487 g/mol. The lowest BCUT2D eigenvalue weighted by atomic mass is 10.1. The second-order valence-electron chi connectivity index (χ2n) is 6.56. The van der Waals surface area contributed by atoms with Gasteiger partial charge in [0, 0.05) is 51.5 Å². The molecule has 0 amide bonds. The number of aryl methyl sites for hydroxylation is 1. The number of halogens is 1. The van der Waals surface area contributed by atoms with Gasteiger partial charge in [-0.25, -0.2) is 0 Å². The van der Waals surface area contributed by atoms with Crippen molar-refractivity contribution in [1.29, 1.82) is 0 Å². The van der Waals surface area contributed by atoms with Crippen LogP contribution in [-0.2, 0) is 24.6 Å². The fourth-order valence-corrected chi connectivity index (χ4v) is 3.03. The molecule has 7 nitrogen and oxygen atoms in total. The van der Waals surface area contributed by atoms with Crippen molar-refractivity contribution in [2.24, 2.45) is 12.0 Å². The summed E-state index contributed by atoms with van der Waals surface area (Å²) < 4.78 is 13.1. The third-order valence-corrected chi connectivity index (χ3v) is 4.57. The van der Waals surface area contributed by atoms with E-state index in [4.69, 9.17) is 14.1 Å². The van der Waals surface area contributed by atoms with E-state index in [-0.39, 0.29) is 30.1 Å². The van der Waals surface area contributed by atoms with Crippen LogP contribution in [0.5, 0.6) is 0 Å². The molecule has 2 aromatic rings. The maximum Gasteiger partial charge on any atom is 0.191 e. The number of rotatable bonds is 8. The summed E-state index contributed by atoms with van der Waals surface area (Å²) in [7, 11) is 1.96. The average molecular weight is 487 g/mol. The van der Waals surface area contributed by atoms with Gasteiger partial charge >= 0.3 is 0 Å². The van der Waals surface area contributed by atoms with Crippen LogP contribution in [0.2, 0.25) is 0 Å². The normalized spacial score (nSPS) is 17.4. The Hall–Kier alpha value is -1.55. The first-order chi connectivity index (χ1) is 12.8. The molecule has 0 radical (unpaired) electrons. The van der Waals surface area contributed by atoms with Crippen LogP contribution in [0.4, 0.5) is 0 Å². The molecule has 0 aromatic carbocycles. The van der Waals surface area contributed by atoms with E-state index >= 15 is 0 Å². The van der Waals surface area contributed by atoms with Crippen LogP contribution in [0.1, 0.15) is 30.7 Å². The number of hydrogen-bond acceptors (Lipinski definition) is 4. The lowest BCUT2D eigenvalue weighted by Crippen LogP contribution is -2.40. The highest BCUT2D eigenvalue weighted by Gasteiger charge is 2.13. The van der Waals surface area contributed by atoms with E-state index in [1.165, 1.54) is 12.1 Å². The predicted molar refractivity (Wildman–Crippen MR) is 117 cm³/mol. The minimum Gasteiger partial charge on any atom is -0.469 e. The van der Waals surface area contributed by atoms with Crippen LogP contribution in [0.3, 0.4) is 0 Å². The summed E-state index contributed by atoms with van der Waals surface area (Å²) in [5, 5.41) is 11.0. The molecule has 27 heavy (non-hydrogen) atoms. The van der Waals surface area contributed by atoms with Gasteiger partial charge in [0.2, 0.25) is 0 Å². The van der Waals surface area contributed by atoms with Crippen molar-refractivity contribution in [3.05, 3.63) is 42.1 Å². The Labute approximate surface area is 178 Å². The van der Waals surface area contributed by atoms with Crippen molar-refractivity contribution in [3.8, 4) is 0 Å². The SMILES string of the molecule is Cn1nccc1CCNC(=NCC1CCCCO1)NCCc1ccco1.I. The third kappa shape index (κ3) is 7.53. The number of hydrogen-bond donors (Lipinski definition) is 2. The number of nitrogens with zero attached hydrogens (tertiary/aromatic N) is 3. The fraction of sp³-hybridized carbons (Fsp3) is 0.579. The molecule has 1 saturated heterocycles. The molecular formula is C19H30IN5O2. The minimum absolute atomic E-state index is 0. The quantitative estimate of drug-likeness (QED) is 0.340. The second kappa shape index (κ2) is 12.0. The number of ether oxygens (including phenoxy) is 1. The van der Waals surface area contributed by atoms with Crippen molar-refractivity contribution in [2.75, 3.05) is 26.2 Å². The predicted octanol–water partition coefficient (Wildman–Crippen LogP) is 2.52. The molecule has 8 heteroatoms. The van der Waals surface area contributed by atoms with Crippen molar-refractivity contribution in [1.82, 2.24) is 20.4 Å². The van der Waals surface area contributed by atoms with Gasteiger partial charge in [-0.05, 0) is 37.5 Å². The van der Waals surface area contributed by atoms with Gasteiger partial charge in [0.15, 0.2) is 5.96 Å². The van der Waals surface area contributed by atoms with Gasteiger partial charge in [0.05, 0.1) is 18.9 Å². The van der Waals surface area contributed by atoms with Crippen LogP contribution in [0, 0.1) is 0 Å². The molecule has 0 spiro atoms. The van der Waals surface area contributed by atoms with Gasteiger partial charge in [-0.3, -0.25) is 9.67 Å². The van der Waals surface area contributed by atoms with E-state index < -0.39 is 0 Å². The maximum atomic E-state index is 5.78. The highest BCUT2D eigenvalue weighted by atomic mass is 127. The zero-order valence-corrected chi connectivity index (χ0v) is 18.2. The summed E-state index contributed by atoms with van der Waals surface area (Å²) in [6.07, 6.45) is 8.99. The highest BCUT2D eigenvalue weighted by Crippen LogP contribution is 2.12. The second-order valence-corrected chi connectivity index (χ2v) is 6.56. The van der Waals surface area contributed by atoms with Gasteiger partial charge < -0.3 is 19.8 Å². The standard InChI is InChI=1S/C19H29N5O2.HI/c1-24-16(8-12-23-24)7-10-20-19(21-11-9-17-6-4-14-25-17)22-15-18-5-2-3-13-26-18;/h4,6,8,12,14,18H,2-3,5,7,9-11,13,15H2,1H3,(H2,20,21,22);1H. The van der Waals surface area contributed by atoms with Crippen LogP contribution < -0.4 is 10.6 Å². The zero-order chi connectivity index (χ0) is 18.0. The number of guanidine groups is 1. The van der Waals surface area contributed by atoms with E-state index in [2.05, 4.69) is 15.7 Å². The van der Waals surface area contributed by atoms with E-state index in [1.54, 1.807) is 6.26 Å². The summed E-state index contributed by atoms with van der Waals surface area (Å²) in [6, 6.07) is 5.94. The van der Waals surface area contributed by atoms with Crippen molar-refractivity contribution in [3.63, 3.8) is 0 Å². The van der Waals surface area contributed by atoms with Crippen molar-refractivity contribution in [2.45, 2.75) is 38.2 Å². The first-order valence-electron chi connectivity index (χ1n) is 9.44. The average Bonchev–Trinajstić information content (AvgIpc) is 3.32. The van der Waals surface area contributed by atoms with E-state index in [0.717, 1.165) is 57.1 Å². The Morgan fingerprint density at radius 3 is 2.78 bits per heavy atom. The van der Waals surface area contributed by atoms with Gasteiger partial charge in [-0.1, -0.05) is 0 Å². The lowest BCUT2D eigenvalue weighted by molar-refractivity contribution is 0.0224. The van der Waals surface area contributed by atoms with Crippen LogP contribution >= 0.6 is 24.0 Å². The Morgan fingerprint density at radius 1 is 1.26 bits per heavy atom. The van der Waals surface area contributed by atoms with Crippen molar-refractivity contribution >= 4 is 29.9 Å². The number of aromatic nitrogens is 2. The first-order valence-corrected chi connectivity index (χ1v) is 9.44. The molecule has 1 aliphatic rings. The van der Waals surface area contributed by atoms with E-state index in [0.29, 0.717) is 6.54 Å². The van der Waals surface area contributed by atoms with Gasteiger partial charge in [0.25, 0.3) is 0 Å². The van der Waals surface area contributed by atoms with Crippen LogP contribution in [0.15, 0.2) is 40.1 Å². The molecule has 0 aliphatic carbocycles. The van der Waals surface area contributed by atoms with Gasteiger partial charge in [0.1, 0.15) is 5.76 Å². The zero-order valence-electron chi connectivity index (χ0n) is 15.9. The van der Waals surface area contributed by atoms with E-state index in [1.807, 2.05) is 36.1 Å². The molecule has 1 fully saturated rings. The molecule has 0 saturated carbocycles. The van der Waals surface area contributed by atoms with E-state index in [9.17, 15) is 0 Å². The van der Waals surface area contributed by atoms with Gasteiger partial charge in [-0.15, -0.1) is 24.0 Å². The number of furan rings is 1. The fourth-order valence-electron chi connectivity index (χ4n) is 3.03. The molecule has 3 heterocycles. The Balaban J connectivity index is 0.00000261. The molecule has 1 unspecified atom stereocenters. The molecule has 1 atom stereocenters. The summed E-state index contributed by atoms with van der Waals surface area (Å²) in [4.78, 5) is 4.72. The smallest absolute Gasteiger partial charge is 0.191 e. The molecular weight excluding hydrogens is 457 g/mol. The highest BCUT2D eigenvalue weighted by molar-refractivity contribution is 14.0. The first kappa shape index (κ1) is 21.7. The third-order valence-electron chi connectivity index (χ3n) is 4.57. The van der Waals surface area contributed by atoms with Crippen LogP contribution in [-0.4, -0.2) is 48.1 Å².